The Hall–Kier alpha value is -2.39. The van der Waals surface area contributed by atoms with Crippen LogP contribution in [0.2, 0.25) is 5.02 Å². The Bertz CT molecular complexity index is 1250. The standard InChI is InChI=1S/C26H30ClN3O4S/c1-26(2,3)34-25(32)30-9-7-29(8-10-30)21-5-11-33-22-13-16(27)12-19(23(21)22)18-4-6-28-20-14-17(15-31)35-24(18)20/h4,6,12-14,21,31H,5,7-11,15H2,1-3H3/t21-/m0/s1. The maximum Gasteiger partial charge on any atom is 0.410 e. The molecule has 0 spiro atoms. The van der Waals surface area contributed by atoms with E-state index in [1.54, 1.807) is 22.4 Å². The number of ether oxygens (including phenoxy) is 2. The van der Waals surface area contributed by atoms with E-state index < -0.39 is 5.60 Å². The number of hydrogen-bond donors (Lipinski definition) is 1. The van der Waals surface area contributed by atoms with Crippen LogP contribution in [0.1, 0.15) is 43.7 Å². The normalized spacial score (nSPS) is 18.9. The fourth-order valence-electron chi connectivity index (χ4n) is 4.89. The highest BCUT2D eigenvalue weighted by Gasteiger charge is 2.34. The molecule has 9 heteroatoms. The topological polar surface area (TPSA) is 75.1 Å². The summed E-state index contributed by atoms with van der Waals surface area (Å²) in [5, 5.41) is 10.3. The number of carbonyl (C=O) groups excluding carboxylic acids is 1. The third-order valence-corrected chi connectivity index (χ3v) is 7.77. The van der Waals surface area contributed by atoms with Gasteiger partial charge in [0.15, 0.2) is 0 Å². The second kappa shape index (κ2) is 9.58. The summed E-state index contributed by atoms with van der Waals surface area (Å²) in [6.45, 7) is 9.02. The van der Waals surface area contributed by atoms with E-state index in [0.29, 0.717) is 24.7 Å². The zero-order valence-electron chi connectivity index (χ0n) is 20.2. The summed E-state index contributed by atoms with van der Waals surface area (Å²) in [5.41, 5.74) is 3.56. The van der Waals surface area contributed by atoms with E-state index in [4.69, 9.17) is 21.1 Å². The van der Waals surface area contributed by atoms with Crippen LogP contribution < -0.4 is 4.74 Å². The smallest absolute Gasteiger partial charge is 0.410 e. The van der Waals surface area contributed by atoms with Gasteiger partial charge in [0.05, 0.1) is 23.4 Å². The highest BCUT2D eigenvalue weighted by molar-refractivity contribution is 7.19. The molecule has 3 aromatic rings. The first-order valence-electron chi connectivity index (χ1n) is 11.9. The molecule has 7 nitrogen and oxygen atoms in total. The van der Waals surface area contributed by atoms with E-state index in [9.17, 15) is 9.90 Å². The molecule has 0 radical (unpaired) electrons. The van der Waals surface area contributed by atoms with Gasteiger partial charge in [-0.2, -0.15) is 0 Å². The quantitative estimate of drug-likeness (QED) is 0.497. The van der Waals surface area contributed by atoms with Crippen molar-refractivity contribution in [1.82, 2.24) is 14.8 Å². The molecule has 1 amide bonds. The number of hydrogen-bond acceptors (Lipinski definition) is 7. The van der Waals surface area contributed by atoms with Gasteiger partial charge in [-0.05, 0) is 50.6 Å². The third-order valence-electron chi connectivity index (χ3n) is 6.40. The predicted molar refractivity (Wildman–Crippen MR) is 138 cm³/mol. The molecule has 1 fully saturated rings. The van der Waals surface area contributed by atoms with Gasteiger partial charge < -0.3 is 19.5 Å². The molecule has 0 saturated carbocycles. The van der Waals surface area contributed by atoms with E-state index in [-0.39, 0.29) is 18.7 Å². The predicted octanol–water partition coefficient (Wildman–Crippen LogP) is 5.49. The minimum Gasteiger partial charge on any atom is -0.493 e. The molecule has 0 aliphatic carbocycles. The van der Waals surface area contributed by atoms with Crippen LogP contribution in [-0.2, 0) is 11.3 Å². The Balaban J connectivity index is 1.48. The van der Waals surface area contributed by atoms with Gasteiger partial charge in [-0.3, -0.25) is 9.88 Å². The number of amides is 1. The molecular formula is C26H30ClN3O4S. The summed E-state index contributed by atoms with van der Waals surface area (Å²) in [5.74, 6) is 0.808. The minimum atomic E-state index is -0.504. The first-order valence-corrected chi connectivity index (χ1v) is 13.1. The molecule has 0 bridgehead atoms. The van der Waals surface area contributed by atoms with Crippen LogP contribution in [0.25, 0.3) is 21.3 Å². The van der Waals surface area contributed by atoms with Crippen molar-refractivity contribution in [3.05, 3.63) is 45.9 Å². The van der Waals surface area contributed by atoms with Crippen LogP contribution in [-0.4, -0.2) is 64.4 Å². The lowest BCUT2D eigenvalue weighted by molar-refractivity contribution is 0.00782. The van der Waals surface area contributed by atoms with Crippen LogP contribution in [0.4, 0.5) is 4.79 Å². The molecule has 0 unspecified atom stereocenters. The lowest BCUT2D eigenvalue weighted by atomic mass is 9.90. The number of carbonyl (C=O) groups is 1. The van der Waals surface area contributed by atoms with E-state index >= 15 is 0 Å². The first-order chi connectivity index (χ1) is 16.7. The van der Waals surface area contributed by atoms with E-state index in [0.717, 1.165) is 57.0 Å². The SMILES string of the molecule is CC(C)(C)OC(=O)N1CCN([C@H]2CCOc3cc(Cl)cc(-c4ccnc5cc(CO)sc45)c32)CC1. The summed E-state index contributed by atoms with van der Waals surface area (Å²) in [6.07, 6.45) is 2.40. The van der Waals surface area contributed by atoms with Gasteiger partial charge in [0.2, 0.25) is 0 Å². The fraction of sp³-hybridized carbons (Fsp3) is 0.462. The molecule has 5 rings (SSSR count). The number of aliphatic hydroxyl groups is 1. The molecule has 2 aliphatic rings. The lowest BCUT2D eigenvalue weighted by Gasteiger charge is -2.42. The molecule has 1 atom stereocenters. The van der Waals surface area contributed by atoms with E-state index in [1.807, 2.05) is 45.0 Å². The average Bonchev–Trinajstić information content (AvgIpc) is 3.26. The summed E-state index contributed by atoms with van der Waals surface area (Å²) >= 11 is 8.10. The molecule has 1 N–H and O–H groups in total. The number of thiophene rings is 1. The summed E-state index contributed by atoms with van der Waals surface area (Å²) in [4.78, 5) is 22.2. The number of aromatic nitrogens is 1. The van der Waals surface area contributed by atoms with Crippen LogP contribution in [0.5, 0.6) is 5.75 Å². The van der Waals surface area contributed by atoms with Gasteiger partial charge in [-0.25, -0.2) is 4.79 Å². The van der Waals surface area contributed by atoms with Gasteiger partial charge in [-0.1, -0.05) is 11.6 Å². The van der Waals surface area contributed by atoms with Crippen LogP contribution >= 0.6 is 22.9 Å². The maximum atomic E-state index is 12.6. The number of pyridine rings is 1. The van der Waals surface area contributed by atoms with Crippen LogP contribution in [0, 0.1) is 0 Å². The second-order valence-electron chi connectivity index (χ2n) is 9.97. The Morgan fingerprint density at radius 1 is 1.23 bits per heavy atom. The number of fused-ring (bicyclic) bond motifs is 2. The molecule has 2 aliphatic heterocycles. The molecule has 4 heterocycles. The first kappa shape index (κ1) is 24.3. The Kier molecular flexibility index (Phi) is 6.65. The Morgan fingerprint density at radius 3 is 2.71 bits per heavy atom. The molecule has 1 aromatic carbocycles. The monoisotopic (exact) mass is 515 g/mol. The third kappa shape index (κ3) is 4.98. The molecule has 2 aromatic heterocycles. The van der Waals surface area contributed by atoms with Gasteiger partial charge in [0.1, 0.15) is 11.4 Å². The molecule has 35 heavy (non-hydrogen) atoms. The number of piperazine rings is 1. The number of aliphatic hydroxyl groups excluding tert-OH is 1. The summed E-state index contributed by atoms with van der Waals surface area (Å²) in [7, 11) is 0. The highest BCUT2D eigenvalue weighted by atomic mass is 35.5. The Morgan fingerprint density at radius 2 is 2.00 bits per heavy atom. The maximum absolute atomic E-state index is 12.6. The van der Waals surface area contributed by atoms with E-state index in [1.165, 1.54) is 0 Å². The summed E-state index contributed by atoms with van der Waals surface area (Å²) < 4.78 is 12.7. The van der Waals surface area contributed by atoms with Crippen molar-refractivity contribution in [2.75, 3.05) is 32.8 Å². The van der Waals surface area contributed by atoms with Crippen LogP contribution in [0.3, 0.4) is 0 Å². The number of nitrogens with zero attached hydrogens (tertiary/aromatic N) is 3. The molecule has 186 valence electrons. The minimum absolute atomic E-state index is 0.0121. The largest absolute Gasteiger partial charge is 0.493 e. The fourth-order valence-corrected chi connectivity index (χ4v) is 6.10. The van der Waals surface area contributed by atoms with Crippen molar-refractivity contribution in [3.63, 3.8) is 0 Å². The number of benzene rings is 1. The highest BCUT2D eigenvalue weighted by Crippen LogP contribution is 2.46. The van der Waals surface area contributed by atoms with Gasteiger partial charge in [-0.15, -0.1) is 11.3 Å². The molecule has 1 saturated heterocycles. The van der Waals surface area contributed by atoms with Crippen molar-refractivity contribution in [1.29, 1.82) is 0 Å². The van der Waals surface area contributed by atoms with Crippen molar-refractivity contribution in [2.24, 2.45) is 0 Å². The summed E-state index contributed by atoms with van der Waals surface area (Å²) in [6, 6.07) is 8.00. The van der Waals surface area contributed by atoms with Crippen molar-refractivity contribution >= 4 is 39.2 Å². The number of halogens is 1. The lowest BCUT2D eigenvalue weighted by Crippen LogP contribution is -2.51. The van der Waals surface area contributed by atoms with Crippen molar-refractivity contribution < 1.29 is 19.4 Å². The van der Waals surface area contributed by atoms with Crippen molar-refractivity contribution in [2.45, 2.75) is 45.4 Å². The number of rotatable bonds is 3. The zero-order chi connectivity index (χ0) is 24.7. The molecular weight excluding hydrogens is 486 g/mol. The Labute approximate surface area is 214 Å². The van der Waals surface area contributed by atoms with Gasteiger partial charge in [0, 0.05) is 65.9 Å². The van der Waals surface area contributed by atoms with Gasteiger partial charge >= 0.3 is 6.09 Å². The second-order valence-corrected chi connectivity index (χ2v) is 11.5. The zero-order valence-corrected chi connectivity index (χ0v) is 21.8. The van der Waals surface area contributed by atoms with E-state index in [2.05, 4.69) is 9.88 Å². The van der Waals surface area contributed by atoms with Crippen molar-refractivity contribution in [3.8, 4) is 16.9 Å². The van der Waals surface area contributed by atoms with Gasteiger partial charge in [0.25, 0.3) is 0 Å². The average molecular weight is 516 g/mol. The van der Waals surface area contributed by atoms with Crippen LogP contribution in [0.15, 0.2) is 30.5 Å².